The predicted molar refractivity (Wildman–Crippen MR) is 111 cm³/mol. The Morgan fingerprint density at radius 1 is 1.21 bits per heavy atom. The molecule has 2 aromatic heterocycles. The molecule has 0 atom stereocenters. The lowest BCUT2D eigenvalue weighted by Gasteiger charge is -2.32. The topological polar surface area (TPSA) is 82.6 Å². The maximum absolute atomic E-state index is 11.0. The summed E-state index contributed by atoms with van der Waals surface area (Å²) in [4.78, 5) is 16.0. The molecule has 2 aromatic rings. The van der Waals surface area contributed by atoms with Gasteiger partial charge in [0.25, 0.3) is 0 Å². The molecule has 0 bridgehead atoms. The van der Waals surface area contributed by atoms with Crippen LogP contribution in [0.2, 0.25) is 0 Å². The number of nitrogens with zero attached hydrogens (tertiary/aromatic N) is 2. The number of aromatic nitrogens is 2. The standard InChI is InChI=1S/C13H15BN2O3S.C6H13NO/c1-12(2)13(3,4)19-14(18-12)8-5-9-10(7-17)16-20-11(9)15-6-8;1-7-6-2-4-8-5-3-6/h5-7H,1-4H3;6-7H,2-5H2,1H3. The molecule has 0 radical (unpaired) electrons. The molecular weight excluding hydrogens is 377 g/mol. The summed E-state index contributed by atoms with van der Waals surface area (Å²) >= 11 is 1.22. The van der Waals surface area contributed by atoms with Crippen LogP contribution in [0.5, 0.6) is 0 Å². The van der Waals surface area contributed by atoms with Crippen molar-refractivity contribution in [3.8, 4) is 0 Å². The number of pyridine rings is 1. The second kappa shape index (κ2) is 8.55. The van der Waals surface area contributed by atoms with Crippen LogP contribution in [0.25, 0.3) is 10.2 Å². The van der Waals surface area contributed by atoms with Gasteiger partial charge in [0.05, 0.1) is 11.2 Å². The average Bonchev–Trinajstić information content (AvgIpc) is 3.19. The van der Waals surface area contributed by atoms with E-state index in [4.69, 9.17) is 14.0 Å². The van der Waals surface area contributed by atoms with E-state index in [0.717, 1.165) is 35.2 Å². The van der Waals surface area contributed by atoms with Crippen molar-refractivity contribution >= 4 is 40.6 Å². The first-order valence-electron chi connectivity index (χ1n) is 9.58. The Morgan fingerprint density at radius 2 is 1.86 bits per heavy atom. The smallest absolute Gasteiger partial charge is 0.399 e. The molecule has 0 aliphatic carbocycles. The Morgan fingerprint density at radius 3 is 2.39 bits per heavy atom. The molecule has 0 spiro atoms. The van der Waals surface area contributed by atoms with Crippen molar-refractivity contribution < 1.29 is 18.8 Å². The summed E-state index contributed by atoms with van der Waals surface area (Å²) in [5.74, 6) is 0. The molecule has 0 amide bonds. The second-order valence-corrected chi connectivity index (χ2v) is 8.82. The van der Waals surface area contributed by atoms with Gasteiger partial charge in [0, 0.05) is 36.3 Å². The summed E-state index contributed by atoms with van der Waals surface area (Å²) in [6.45, 7) is 9.88. The van der Waals surface area contributed by atoms with Gasteiger partial charge in [0.2, 0.25) is 0 Å². The van der Waals surface area contributed by atoms with Gasteiger partial charge in [-0.2, -0.15) is 4.37 Å². The lowest BCUT2D eigenvalue weighted by Crippen LogP contribution is -2.41. The Kier molecular flexibility index (Phi) is 6.51. The summed E-state index contributed by atoms with van der Waals surface area (Å²) in [5, 5.41) is 3.97. The van der Waals surface area contributed by atoms with E-state index < -0.39 is 18.3 Å². The number of hydrogen-bond acceptors (Lipinski definition) is 8. The van der Waals surface area contributed by atoms with Crippen molar-refractivity contribution in [3.05, 3.63) is 18.0 Å². The van der Waals surface area contributed by atoms with E-state index in [0.29, 0.717) is 11.7 Å². The van der Waals surface area contributed by atoms with Crippen LogP contribution in [0, 0.1) is 0 Å². The van der Waals surface area contributed by atoms with Crippen molar-refractivity contribution in [2.24, 2.45) is 0 Å². The fourth-order valence-electron chi connectivity index (χ4n) is 3.05. The molecule has 2 fully saturated rings. The van der Waals surface area contributed by atoms with Crippen LogP contribution in [-0.4, -0.2) is 60.3 Å². The lowest BCUT2D eigenvalue weighted by atomic mass is 9.80. The molecule has 0 unspecified atom stereocenters. The highest BCUT2D eigenvalue weighted by molar-refractivity contribution is 7.13. The minimum atomic E-state index is -0.476. The van der Waals surface area contributed by atoms with Gasteiger partial charge in [-0.1, -0.05) is 0 Å². The number of rotatable bonds is 3. The zero-order valence-corrected chi connectivity index (χ0v) is 18.0. The number of nitrogens with one attached hydrogen (secondary N) is 1. The maximum atomic E-state index is 11.0. The van der Waals surface area contributed by atoms with Gasteiger partial charge in [0.1, 0.15) is 10.5 Å². The van der Waals surface area contributed by atoms with Crippen LogP contribution >= 0.6 is 11.5 Å². The van der Waals surface area contributed by atoms with Crippen LogP contribution in [-0.2, 0) is 14.0 Å². The van der Waals surface area contributed by atoms with Crippen LogP contribution in [0.4, 0.5) is 0 Å². The summed E-state index contributed by atoms with van der Waals surface area (Å²) in [5.41, 5.74) is 0.426. The third-order valence-electron chi connectivity index (χ3n) is 5.65. The van der Waals surface area contributed by atoms with Crippen LogP contribution < -0.4 is 10.8 Å². The predicted octanol–water partition coefficient (Wildman–Crippen LogP) is 2.19. The number of aldehydes is 1. The average molecular weight is 405 g/mol. The Bertz CT molecular complexity index is 805. The normalized spacial score (nSPS) is 21.4. The molecular formula is C19H28BN3O4S. The van der Waals surface area contributed by atoms with E-state index in [1.54, 1.807) is 6.20 Å². The maximum Gasteiger partial charge on any atom is 0.496 e. The highest BCUT2D eigenvalue weighted by Crippen LogP contribution is 2.36. The van der Waals surface area contributed by atoms with E-state index in [1.165, 1.54) is 24.4 Å². The molecule has 28 heavy (non-hydrogen) atoms. The van der Waals surface area contributed by atoms with Gasteiger partial charge in [-0.25, -0.2) is 4.98 Å². The largest absolute Gasteiger partial charge is 0.496 e. The third-order valence-corrected chi connectivity index (χ3v) is 6.43. The van der Waals surface area contributed by atoms with E-state index in [2.05, 4.69) is 14.7 Å². The minimum Gasteiger partial charge on any atom is -0.399 e. The molecule has 2 aliphatic heterocycles. The van der Waals surface area contributed by atoms with Crippen LogP contribution in [0.3, 0.4) is 0 Å². The molecule has 9 heteroatoms. The van der Waals surface area contributed by atoms with Crippen LogP contribution in [0.15, 0.2) is 12.3 Å². The van der Waals surface area contributed by atoms with Gasteiger partial charge in [-0.05, 0) is 65.2 Å². The van der Waals surface area contributed by atoms with Crippen LogP contribution in [0.1, 0.15) is 51.0 Å². The zero-order valence-electron chi connectivity index (χ0n) is 17.2. The van der Waals surface area contributed by atoms with Crippen molar-refractivity contribution in [1.82, 2.24) is 14.7 Å². The number of carbonyl (C=O) groups is 1. The number of ether oxygens (including phenoxy) is 1. The van der Waals surface area contributed by atoms with Crippen molar-refractivity contribution in [2.75, 3.05) is 20.3 Å². The van der Waals surface area contributed by atoms with E-state index >= 15 is 0 Å². The zero-order chi connectivity index (χ0) is 20.4. The van der Waals surface area contributed by atoms with E-state index in [-0.39, 0.29) is 0 Å². The highest BCUT2D eigenvalue weighted by Gasteiger charge is 2.51. The van der Waals surface area contributed by atoms with E-state index in [9.17, 15) is 4.79 Å². The highest BCUT2D eigenvalue weighted by atomic mass is 32.1. The van der Waals surface area contributed by atoms with Crippen molar-refractivity contribution in [2.45, 2.75) is 57.8 Å². The molecule has 2 aliphatic rings. The lowest BCUT2D eigenvalue weighted by molar-refractivity contribution is 0.00578. The van der Waals surface area contributed by atoms with Gasteiger partial charge in [-0.3, -0.25) is 4.79 Å². The molecule has 0 saturated carbocycles. The quantitative estimate of drug-likeness (QED) is 0.619. The third kappa shape index (κ3) is 4.44. The fourth-order valence-corrected chi connectivity index (χ4v) is 3.73. The van der Waals surface area contributed by atoms with Gasteiger partial charge in [0.15, 0.2) is 6.29 Å². The Hall–Kier alpha value is -1.39. The molecule has 0 aromatic carbocycles. The molecule has 4 rings (SSSR count). The molecule has 7 nitrogen and oxygen atoms in total. The molecule has 152 valence electrons. The number of fused-ring (bicyclic) bond motifs is 1. The Labute approximate surface area is 170 Å². The molecule has 1 N–H and O–H groups in total. The summed E-state index contributed by atoms with van der Waals surface area (Å²) in [6.07, 6.45) is 4.82. The minimum absolute atomic E-state index is 0.396. The SMILES string of the molecule is CC1(C)OB(c2cnc3snc(C=O)c3c2)OC1(C)C.CNC1CCOCC1. The van der Waals surface area contributed by atoms with Crippen molar-refractivity contribution in [1.29, 1.82) is 0 Å². The van der Waals surface area contributed by atoms with Gasteiger partial charge in [-0.15, -0.1) is 0 Å². The summed E-state index contributed by atoms with van der Waals surface area (Å²) < 4.78 is 21.2. The number of carbonyl (C=O) groups excluding carboxylic acids is 1. The van der Waals surface area contributed by atoms with Crippen molar-refractivity contribution in [3.63, 3.8) is 0 Å². The summed E-state index contributed by atoms with van der Waals surface area (Å²) in [7, 11) is 1.53. The second-order valence-electron chi connectivity index (χ2n) is 8.07. The summed E-state index contributed by atoms with van der Waals surface area (Å²) in [6, 6.07) is 2.58. The first-order valence-corrected chi connectivity index (χ1v) is 10.4. The first-order chi connectivity index (χ1) is 13.3. The Balaban J connectivity index is 0.000000236. The monoisotopic (exact) mass is 405 g/mol. The number of hydrogen-bond donors (Lipinski definition) is 1. The van der Waals surface area contributed by atoms with E-state index in [1.807, 2.05) is 40.8 Å². The van der Waals surface area contributed by atoms with Gasteiger partial charge < -0.3 is 19.4 Å². The first kappa shape index (κ1) is 21.3. The molecule has 4 heterocycles. The molecule has 2 saturated heterocycles. The van der Waals surface area contributed by atoms with Gasteiger partial charge >= 0.3 is 7.12 Å². The fraction of sp³-hybridized carbons (Fsp3) is 0.632.